The van der Waals surface area contributed by atoms with Crippen LogP contribution in [0.3, 0.4) is 0 Å². The number of alkyl halides is 3. The molecule has 2 aromatic carbocycles. The number of benzene rings is 2. The third-order valence-electron chi connectivity index (χ3n) is 2.91. The third kappa shape index (κ3) is 3.33. The van der Waals surface area contributed by atoms with Gasteiger partial charge in [-0.3, -0.25) is 0 Å². The van der Waals surface area contributed by atoms with Gasteiger partial charge in [0, 0.05) is 0 Å². The summed E-state index contributed by atoms with van der Waals surface area (Å²) in [5.41, 5.74) is 5.61. The van der Waals surface area contributed by atoms with E-state index >= 15 is 0 Å². The van der Waals surface area contributed by atoms with Crippen molar-refractivity contribution in [2.45, 2.75) is 18.3 Å². The molecule has 2 rings (SSSR count). The van der Waals surface area contributed by atoms with Crippen LogP contribution in [0.2, 0.25) is 0 Å². The average molecular weight is 308 g/mol. The van der Waals surface area contributed by atoms with Crippen LogP contribution in [-0.4, -0.2) is 22.5 Å². The Labute approximate surface area is 119 Å². The van der Waals surface area contributed by atoms with Crippen molar-refractivity contribution in [2.24, 2.45) is 5.73 Å². The van der Waals surface area contributed by atoms with Gasteiger partial charge in [0.05, 0.1) is 6.04 Å². The fourth-order valence-electron chi connectivity index (χ4n) is 1.84. The molecule has 0 aliphatic rings. The molecule has 0 fully saturated rings. The van der Waals surface area contributed by atoms with Crippen LogP contribution in [0.4, 0.5) is 13.2 Å². The van der Waals surface area contributed by atoms with Gasteiger partial charge in [-0.05, 0) is 34.5 Å². The number of fused-ring (bicyclic) bond motifs is 1. The summed E-state index contributed by atoms with van der Waals surface area (Å²) in [4.78, 5) is 0. The Hall–Kier alpha value is -1.50. The number of aliphatic hydroxyl groups is 1. The van der Waals surface area contributed by atoms with Gasteiger partial charge in [-0.15, -0.1) is 12.4 Å². The zero-order valence-corrected chi connectivity index (χ0v) is 10.9. The molecule has 0 aliphatic heterocycles. The van der Waals surface area contributed by atoms with Crippen LogP contribution in [0, 0.1) is 0 Å². The molecule has 0 bridgehead atoms. The summed E-state index contributed by atoms with van der Waals surface area (Å²) >= 11 is 0. The minimum absolute atomic E-state index is 0. The Balaban J connectivity index is 0.00000200. The summed E-state index contributed by atoms with van der Waals surface area (Å²) < 4.78 is 37.2. The number of nitrogens with two attached hydrogens (primary N) is 1. The lowest BCUT2D eigenvalue weighted by molar-refractivity contribution is -0.210. The lowest BCUT2D eigenvalue weighted by Gasteiger charge is -2.21. The summed E-state index contributed by atoms with van der Waals surface area (Å²) in [6, 6.07) is 7.37. The van der Waals surface area contributed by atoms with E-state index < -0.39 is 18.3 Å². The van der Waals surface area contributed by atoms with Crippen LogP contribution in [0.1, 0.15) is 11.6 Å². The number of phenols is 1. The molecule has 0 radical (unpaired) electrons. The first-order valence-electron chi connectivity index (χ1n) is 5.52. The minimum atomic E-state index is -4.76. The first-order chi connectivity index (χ1) is 8.79. The summed E-state index contributed by atoms with van der Waals surface area (Å²) in [6.07, 6.45) is -7.37. The van der Waals surface area contributed by atoms with Gasteiger partial charge in [-0.2, -0.15) is 13.2 Å². The topological polar surface area (TPSA) is 66.5 Å². The second kappa shape index (κ2) is 5.87. The highest BCUT2D eigenvalue weighted by atomic mass is 35.5. The van der Waals surface area contributed by atoms with E-state index in [-0.39, 0.29) is 23.7 Å². The Bertz CT molecular complexity index is 604. The molecule has 110 valence electrons. The molecule has 0 aromatic heterocycles. The maximum Gasteiger partial charge on any atom is 0.416 e. The van der Waals surface area contributed by atoms with E-state index in [1.807, 2.05) is 0 Å². The number of phenolic OH excluding ortho intramolecular Hbond substituents is 1. The van der Waals surface area contributed by atoms with Gasteiger partial charge in [0.15, 0.2) is 6.10 Å². The van der Waals surface area contributed by atoms with Gasteiger partial charge in [-0.25, -0.2) is 0 Å². The highest BCUT2D eigenvalue weighted by Gasteiger charge is 2.42. The number of rotatable bonds is 2. The number of aromatic hydroxyl groups is 1. The van der Waals surface area contributed by atoms with Crippen LogP contribution in [0.25, 0.3) is 10.8 Å². The Morgan fingerprint density at radius 3 is 2.15 bits per heavy atom. The summed E-state index contributed by atoms with van der Waals surface area (Å²) in [6.45, 7) is 0. The van der Waals surface area contributed by atoms with Gasteiger partial charge in [0.25, 0.3) is 0 Å². The maximum atomic E-state index is 12.4. The second-order valence-corrected chi connectivity index (χ2v) is 4.30. The number of hydrogen-bond donors (Lipinski definition) is 3. The van der Waals surface area contributed by atoms with Gasteiger partial charge >= 0.3 is 6.18 Å². The zero-order valence-electron chi connectivity index (χ0n) is 10.1. The third-order valence-corrected chi connectivity index (χ3v) is 2.91. The summed E-state index contributed by atoms with van der Waals surface area (Å²) in [5.74, 6) is 0.0693. The number of aliphatic hydroxyl groups excluding tert-OH is 1. The molecule has 0 unspecified atom stereocenters. The van der Waals surface area contributed by atoms with E-state index in [0.29, 0.717) is 10.8 Å². The second-order valence-electron chi connectivity index (χ2n) is 4.30. The highest BCUT2D eigenvalue weighted by molar-refractivity contribution is 5.85. The fraction of sp³-hybridized carbons (Fsp3) is 0.231. The van der Waals surface area contributed by atoms with Gasteiger partial charge in [-0.1, -0.05) is 18.2 Å². The fourth-order valence-corrected chi connectivity index (χ4v) is 1.84. The lowest BCUT2D eigenvalue weighted by atomic mass is 9.98. The van der Waals surface area contributed by atoms with Gasteiger partial charge in [0.2, 0.25) is 0 Å². The zero-order chi connectivity index (χ0) is 14.2. The van der Waals surface area contributed by atoms with Crippen molar-refractivity contribution < 1.29 is 23.4 Å². The molecular weight excluding hydrogens is 295 g/mol. The maximum absolute atomic E-state index is 12.4. The largest absolute Gasteiger partial charge is 0.508 e. The van der Waals surface area contributed by atoms with Crippen LogP contribution < -0.4 is 5.73 Å². The van der Waals surface area contributed by atoms with Crippen molar-refractivity contribution >= 4 is 23.2 Å². The predicted molar refractivity (Wildman–Crippen MR) is 71.9 cm³/mol. The van der Waals surface area contributed by atoms with Crippen LogP contribution >= 0.6 is 12.4 Å². The number of hydrogen-bond acceptors (Lipinski definition) is 3. The van der Waals surface area contributed by atoms with Crippen LogP contribution in [0.5, 0.6) is 5.75 Å². The van der Waals surface area contributed by atoms with E-state index in [4.69, 9.17) is 10.8 Å². The van der Waals surface area contributed by atoms with Crippen molar-refractivity contribution in [3.05, 3.63) is 42.0 Å². The van der Waals surface area contributed by atoms with E-state index in [1.165, 1.54) is 24.3 Å². The Morgan fingerprint density at radius 2 is 1.55 bits per heavy atom. The first-order valence-corrected chi connectivity index (χ1v) is 5.52. The molecule has 7 heteroatoms. The number of halogens is 4. The van der Waals surface area contributed by atoms with E-state index in [1.54, 1.807) is 12.1 Å². The standard InChI is InChI=1S/C13H12F3NO2.ClH/c14-13(15,16)12(19)11(17)9-2-1-8-6-10(18)4-3-7(8)5-9;/h1-6,11-12,18-19H,17H2;1H/t11-,12-;/m1./s1. The van der Waals surface area contributed by atoms with Gasteiger partial charge < -0.3 is 15.9 Å². The smallest absolute Gasteiger partial charge is 0.416 e. The van der Waals surface area contributed by atoms with Crippen molar-refractivity contribution in [1.82, 2.24) is 0 Å². The molecular formula is C13H13ClF3NO2. The molecule has 2 aromatic rings. The Morgan fingerprint density at radius 1 is 1.00 bits per heavy atom. The molecule has 0 spiro atoms. The predicted octanol–water partition coefficient (Wildman–Crippen LogP) is 2.89. The Kier molecular flexibility index (Phi) is 4.86. The molecule has 0 saturated carbocycles. The molecule has 3 nitrogen and oxygen atoms in total. The molecule has 0 heterocycles. The normalized spacial score (nSPS) is 14.7. The molecule has 0 aliphatic carbocycles. The first kappa shape index (κ1) is 16.6. The molecule has 2 atom stereocenters. The van der Waals surface area contributed by atoms with Crippen molar-refractivity contribution in [3.8, 4) is 5.75 Å². The van der Waals surface area contributed by atoms with Crippen LogP contribution in [0.15, 0.2) is 36.4 Å². The summed E-state index contributed by atoms with van der Waals surface area (Å²) in [5, 5.41) is 19.7. The van der Waals surface area contributed by atoms with Crippen molar-refractivity contribution in [3.63, 3.8) is 0 Å². The van der Waals surface area contributed by atoms with Crippen LogP contribution in [-0.2, 0) is 0 Å². The quantitative estimate of drug-likeness (QED) is 0.799. The van der Waals surface area contributed by atoms with Crippen molar-refractivity contribution in [2.75, 3.05) is 0 Å². The van der Waals surface area contributed by atoms with E-state index in [0.717, 1.165) is 0 Å². The van der Waals surface area contributed by atoms with Crippen molar-refractivity contribution in [1.29, 1.82) is 0 Å². The average Bonchev–Trinajstić information content (AvgIpc) is 2.35. The SMILES string of the molecule is Cl.N[C@H](c1ccc2cc(O)ccc2c1)[C@@H](O)C(F)(F)F. The monoisotopic (exact) mass is 307 g/mol. The van der Waals surface area contributed by atoms with Gasteiger partial charge in [0.1, 0.15) is 5.75 Å². The lowest BCUT2D eigenvalue weighted by Crippen LogP contribution is -2.38. The minimum Gasteiger partial charge on any atom is -0.508 e. The molecule has 20 heavy (non-hydrogen) atoms. The molecule has 0 saturated heterocycles. The molecule has 4 N–H and O–H groups in total. The molecule has 0 amide bonds. The highest BCUT2D eigenvalue weighted by Crippen LogP contribution is 2.30. The van der Waals surface area contributed by atoms with E-state index in [2.05, 4.69) is 0 Å². The van der Waals surface area contributed by atoms with E-state index in [9.17, 15) is 18.3 Å². The summed E-state index contributed by atoms with van der Waals surface area (Å²) in [7, 11) is 0.